The van der Waals surface area contributed by atoms with E-state index in [1.54, 1.807) is 0 Å². The molecule has 1 aromatic rings. The molecule has 0 heterocycles. The van der Waals surface area contributed by atoms with E-state index in [9.17, 15) is 0 Å². The van der Waals surface area contributed by atoms with E-state index in [0.29, 0.717) is 0 Å². The van der Waals surface area contributed by atoms with Gasteiger partial charge in [-0.05, 0) is 44.5 Å². The minimum atomic E-state index is 0.0972. The summed E-state index contributed by atoms with van der Waals surface area (Å²) in [5.41, 5.74) is 7.51. The highest BCUT2D eigenvalue weighted by Gasteiger charge is 2.38. The van der Waals surface area contributed by atoms with Gasteiger partial charge in [0.25, 0.3) is 0 Å². The number of hydrogen-bond acceptors (Lipinski definition) is 3. The Bertz CT molecular complexity index is 357. The third-order valence-electron chi connectivity index (χ3n) is 3.16. The Morgan fingerprint density at radius 1 is 1.29 bits per heavy atom. The Labute approximate surface area is 104 Å². The molecule has 1 aliphatic carbocycles. The van der Waals surface area contributed by atoms with Crippen molar-refractivity contribution in [3.05, 3.63) is 29.8 Å². The predicted molar refractivity (Wildman–Crippen MR) is 70.1 cm³/mol. The van der Waals surface area contributed by atoms with Crippen molar-refractivity contribution in [3.8, 4) is 5.75 Å². The summed E-state index contributed by atoms with van der Waals surface area (Å²) in [5.74, 6) is 0.941. The molecule has 0 bridgehead atoms. The molecule has 0 spiro atoms. The summed E-state index contributed by atoms with van der Waals surface area (Å²) >= 11 is 0. The van der Waals surface area contributed by atoms with Gasteiger partial charge in [0.05, 0.1) is 6.61 Å². The van der Waals surface area contributed by atoms with Gasteiger partial charge in [-0.3, -0.25) is 0 Å². The first-order chi connectivity index (χ1) is 8.11. The molecule has 0 unspecified atom stereocenters. The first-order valence-electron chi connectivity index (χ1n) is 6.30. The molecule has 1 aromatic carbocycles. The van der Waals surface area contributed by atoms with E-state index >= 15 is 0 Å². The molecule has 2 N–H and O–H groups in total. The zero-order chi connectivity index (χ0) is 12.3. The molecular weight excluding hydrogens is 212 g/mol. The van der Waals surface area contributed by atoms with Crippen LogP contribution in [-0.2, 0) is 6.54 Å². The molecule has 0 amide bonds. The standard InChI is InChI=1S/C14H22N2O/c1-3-17-13-6-4-12(5-7-13)10-16(2)11-14(15)8-9-14/h4-7H,3,8-11,15H2,1-2H3. The van der Waals surface area contributed by atoms with Crippen LogP contribution in [0.3, 0.4) is 0 Å². The third-order valence-corrected chi connectivity index (χ3v) is 3.16. The highest BCUT2D eigenvalue weighted by atomic mass is 16.5. The molecule has 0 saturated heterocycles. The number of nitrogens with zero attached hydrogens (tertiary/aromatic N) is 1. The fourth-order valence-corrected chi connectivity index (χ4v) is 2.08. The van der Waals surface area contributed by atoms with Crippen LogP contribution >= 0.6 is 0 Å². The van der Waals surface area contributed by atoms with Gasteiger partial charge in [0.1, 0.15) is 5.75 Å². The lowest BCUT2D eigenvalue weighted by Crippen LogP contribution is -2.36. The summed E-state index contributed by atoms with van der Waals surface area (Å²) in [7, 11) is 2.13. The monoisotopic (exact) mass is 234 g/mol. The maximum absolute atomic E-state index is 6.10. The fraction of sp³-hybridized carbons (Fsp3) is 0.571. The molecule has 1 aliphatic rings. The molecular formula is C14H22N2O. The maximum atomic E-state index is 6.10. The normalized spacial score (nSPS) is 17.2. The van der Waals surface area contributed by atoms with E-state index < -0.39 is 0 Å². The smallest absolute Gasteiger partial charge is 0.119 e. The second-order valence-corrected chi connectivity index (χ2v) is 5.11. The van der Waals surface area contributed by atoms with Crippen molar-refractivity contribution in [1.29, 1.82) is 0 Å². The average molecular weight is 234 g/mol. The molecule has 1 saturated carbocycles. The van der Waals surface area contributed by atoms with E-state index in [1.807, 2.05) is 19.1 Å². The lowest BCUT2D eigenvalue weighted by molar-refractivity contribution is 0.295. The van der Waals surface area contributed by atoms with Crippen LogP contribution in [0.15, 0.2) is 24.3 Å². The number of ether oxygens (including phenoxy) is 1. The van der Waals surface area contributed by atoms with Crippen molar-refractivity contribution in [1.82, 2.24) is 4.90 Å². The van der Waals surface area contributed by atoms with Crippen LogP contribution in [0.1, 0.15) is 25.3 Å². The van der Waals surface area contributed by atoms with Gasteiger partial charge in [-0.2, -0.15) is 0 Å². The van der Waals surface area contributed by atoms with Gasteiger partial charge in [-0.25, -0.2) is 0 Å². The zero-order valence-electron chi connectivity index (χ0n) is 10.8. The molecule has 1 fully saturated rings. The van der Waals surface area contributed by atoms with E-state index in [-0.39, 0.29) is 5.54 Å². The van der Waals surface area contributed by atoms with Crippen molar-refractivity contribution in [3.63, 3.8) is 0 Å². The summed E-state index contributed by atoms with van der Waals surface area (Å²) in [5, 5.41) is 0. The van der Waals surface area contributed by atoms with Crippen molar-refractivity contribution in [2.75, 3.05) is 20.2 Å². The fourth-order valence-electron chi connectivity index (χ4n) is 2.08. The van der Waals surface area contributed by atoms with Gasteiger partial charge in [-0.15, -0.1) is 0 Å². The van der Waals surface area contributed by atoms with Gasteiger partial charge in [0.2, 0.25) is 0 Å². The highest BCUT2D eigenvalue weighted by Crippen LogP contribution is 2.32. The van der Waals surface area contributed by atoms with Gasteiger partial charge in [-0.1, -0.05) is 12.1 Å². The summed E-state index contributed by atoms with van der Waals surface area (Å²) in [6, 6.07) is 8.30. The largest absolute Gasteiger partial charge is 0.494 e. The summed E-state index contributed by atoms with van der Waals surface area (Å²) in [4.78, 5) is 2.29. The minimum Gasteiger partial charge on any atom is -0.494 e. The average Bonchev–Trinajstić information content (AvgIpc) is 2.99. The van der Waals surface area contributed by atoms with Crippen LogP contribution in [0, 0.1) is 0 Å². The lowest BCUT2D eigenvalue weighted by Gasteiger charge is -2.20. The third kappa shape index (κ3) is 3.72. The number of likely N-dealkylation sites (N-methyl/N-ethyl adjacent to an activating group) is 1. The SMILES string of the molecule is CCOc1ccc(CN(C)CC2(N)CC2)cc1. The molecule has 0 atom stereocenters. The second kappa shape index (κ2) is 5.07. The molecule has 0 aliphatic heterocycles. The topological polar surface area (TPSA) is 38.5 Å². The van der Waals surface area contributed by atoms with Gasteiger partial charge >= 0.3 is 0 Å². The highest BCUT2D eigenvalue weighted by molar-refractivity contribution is 5.27. The minimum absolute atomic E-state index is 0.0972. The van der Waals surface area contributed by atoms with Crippen molar-refractivity contribution in [2.24, 2.45) is 5.73 Å². The molecule has 2 rings (SSSR count). The lowest BCUT2D eigenvalue weighted by atomic mass is 10.2. The summed E-state index contributed by atoms with van der Waals surface area (Å²) < 4.78 is 5.42. The Morgan fingerprint density at radius 2 is 1.94 bits per heavy atom. The first-order valence-corrected chi connectivity index (χ1v) is 6.30. The van der Waals surface area contributed by atoms with E-state index in [2.05, 4.69) is 24.1 Å². The molecule has 0 aromatic heterocycles. The second-order valence-electron chi connectivity index (χ2n) is 5.11. The Balaban J connectivity index is 1.85. The van der Waals surface area contributed by atoms with Crippen LogP contribution in [0.5, 0.6) is 5.75 Å². The number of benzene rings is 1. The number of nitrogens with two attached hydrogens (primary N) is 1. The van der Waals surface area contributed by atoms with Crippen LogP contribution < -0.4 is 10.5 Å². The van der Waals surface area contributed by atoms with E-state index in [1.165, 1.54) is 18.4 Å². The quantitative estimate of drug-likeness (QED) is 0.818. The Kier molecular flexibility index (Phi) is 3.69. The Hall–Kier alpha value is -1.06. The molecule has 0 radical (unpaired) electrons. The van der Waals surface area contributed by atoms with Crippen LogP contribution in [0.4, 0.5) is 0 Å². The molecule has 17 heavy (non-hydrogen) atoms. The molecule has 94 valence electrons. The zero-order valence-corrected chi connectivity index (χ0v) is 10.8. The van der Waals surface area contributed by atoms with Gasteiger partial charge in [0.15, 0.2) is 0 Å². The predicted octanol–water partition coefficient (Wildman–Crippen LogP) is 2.01. The van der Waals surface area contributed by atoms with Crippen molar-refractivity contribution < 1.29 is 4.74 Å². The first kappa shape index (κ1) is 12.4. The summed E-state index contributed by atoms with van der Waals surface area (Å²) in [6.07, 6.45) is 2.33. The van der Waals surface area contributed by atoms with Crippen molar-refractivity contribution in [2.45, 2.75) is 31.8 Å². The molecule has 3 nitrogen and oxygen atoms in total. The number of rotatable bonds is 6. The van der Waals surface area contributed by atoms with Gasteiger partial charge in [0, 0.05) is 18.6 Å². The van der Waals surface area contributed by atoms with E-state index in [4.69, 9.17) is 10.5 Å². The molecule has 3 heteroatoms. The van der Waals surface area contributed by atoms with Crippen LogP contribution in [0.2, 0.25) is 0 Å². The number of hydrogen-bond donors (Lipinski definition) is 1. The summed E-state index contributed by atoms with van der Waals surface area (Å²) in [6.45, 7) is 4.65. The Morgan fingerprint density at radius 3 is 2.47 bits per heavy atom. The van der Waals surface area contributed by atoms with E-state index in [0.717, 1.165) is 25.4 Å². The van der Waals surface area contributed by atoms with Crippen LogP contribution in [-0.4, -0.2) is 30.6 Å². The van der Waals surface area contributed by atoms with Gasteiger partial charge < -0.3 is 15.4 Å². The van der Waals surface area contributed by atoms with Crippen molar-refractivity contribution >= 4 is 0 Å². The maximum Gasteiger partial charge on any atom is 0.119 e. The van der Waals surface area contributed by atoms with Crippen LogP contribution in [0.25, 0.3) is 0 Å².